The first kappa shape index (κ1) is 14.0. The van der Waals surface area contributed by atoms with Crippen LogP contribution in [0.4, 0.5) is 4.39 Å². The molecule has 0 atom stereocenters. The molecule has 0 radical (unpaired) electrons. The number of hydrogen-bond donors (Lipinski definition) is 1. The van der Waals surface area contributed by atoms with Crippen molar-refractivity contribution in [2.45, 2.75) is 26.4 Å². The van der Waals surface area contributed by atoms with Gasteiger partial charge >= 0.3 is 0 Å². The SMILES string of the molecule is CCCNCc1ncn(Cc2cc(F)ccc2Cl)n1. The van der Waals surface area contributed by atoms with Gasteiger partial charge in [-0.2, -0.15) is 5.10 Å². The van der Waals surface area contributed by atoms with E-state index in [2.05, 4.69) is 22.3 Å². The molecule has 0 saturated carbocycles. The van der Waals surface area contributed by atoms with E-state index < -0.39 is 0 Å². The second kappa shape index (κ2) is 6.63. The zero-order valence-corrected chi connectivity index (χ0v) is 11.5. The van der Waals surface area contributed by atoms with Crippen LogP contribution in [-0.4, -0.2) is 21.3 Å². The molecule has 0 aliphatic rings. The summed E-state index contributed by atoms with van der Waals surface area (Å²) in [6, 6.07) is 4.30. The van der Waals surface area contributed by atoms with Crippen LogP contribution < -0.4 is 5.32 Å². The first-order valence-corrected chi connectivity index (χ1v) is 6.60. The third kappa shape index (κ3) is 4.01. The molecule has 19 heavy (non-hydrogen) atoms. The fraction of sp³-hybridized carbons (Fsp3) is 0.385. The third-order valence-corrected chi connectivity index (χ3v) is 3.00. The first-order valence-electron chi connectivity index (χ1n) is 6.22. The Balaban J connectivity index is 2.01. The lowest BCUT2D eigenvalue weighted by Gasteiger charge is -2.04. The van der Waals surface area contributed by atoms with Crippen LogP contribution in [0.1, 0.15) is 24.7 Å². The lowest BCUT2D eigenvalue weighted by molar-refractivity contribution is 0.611. The predicted octanol–water partition coefficient (Wildman–Crippen LogP) is 2.62. The van der Waals surface area contributed by atoms with Crippen LogP contribution in [0.3, 0.4) is 0 Å². The van der Waals surface area contributed by atoms with Gasteiger partial charge in [0.2, 0.25) is 0 Å². The topological polar surface area (TPSA) is 42.7 Å². The second-order valence-corrected chi connectivity index (χ2v) is 4.68. The Morgan fingerprint density at radius 1 is 1.42 bits per heavy atom. The molecule has 1 aromatic heterocycles. The molecule has 0 amide bonds. The average molecular weight is 283 g/mol. The standard InChI is InChI=1S/C13H16ClFN4/c1-2-5-16-7-13-17-9-19(18-13)8-10-6-11(15)3-4-12(10)14/h3-4,6,9,16H,2,5,7-8H2,1H3. The van der Waals surface area contributed by atoms with Crippen LogP contribution in [0.5, 0.6) is 0 Å². The molecule has 2 rings (SSSR count). The highest BCUT2D eigenvalue weighted by atomic mass is 35.5. The van der Waals surface area contributed by atoms with E-state index in [-0.39, 0.29) is 5.82 Å². The maximum Gasteiger partial charge on any atom is 0.164 e. The Morgan fingerprint density at radius 3 is 3.05 bits per heavy atom. The Hall–Kier alpha value is -1.46. The minimum atomic E-state index is -0.302. The Bertz CT molecular complexity index is 541. The number of rotatable bonds is 6. The summed E-state index contributed by atoms with van der Waals surface area (Å²) < 4.78 is 14.8. The van der Waals surface area contributed by atoms with Gasteiger partial charge in [0.25, 0.3) is 0 Å². The molecular weight excluding hydrogens is 267 g/mol. The summed E-state index contributed by atoms with van der Waals surface area (Å²) in [6.45, 7) is 4.09. The van der Waals surface area contributed by atoms with Gasteiger partial charge < -0.3 is 5.32 Å². The van der Waals surface area contributed by atoms with Crippen molar-refractivity contribution in [2.24, 2.45) is 0 Å². The highest BCUT2D eigenvalue weighted by Crippen LogP contribution is 2.17. The van der Waals surface area contributed by atoms with E-state index >= 15 is 0 Å². The van der Waals surface area contributed by atoms with Crippen LogP contribution >= 0.6 is 11.6 Å². The van der Waals surface area contributed by atoms with Crippen LogP contribution in [0.2, 0.25) is 5.02 Å². The average Bonchev–Trinajstić information content (AvgIpc) is 2.82. The van der Waals surface area contributed by atoms with Crippen LogP contribution in [0.25, 0.3) is 0 Å². The van der Waals surface area contributed by atoms with Gasteiger partial charge in [-0.05, 0) is 36.7 Å². The van der Waals surface area contributed by atoms with Crippen LogP contribution in [0, 0.1) is 5.82 Å². The molecule has 6 heteroatoms. The monoisotopic (exact) mass is 282 g/mol. The number of nitrogens with zero attached hydrogens (tertiary/aromatic N) is 3. The lowest BCUT2D eigenvalue weighted by atomic mass is 10.2. The molecular formula is C13H16ClFN4. The fourth-order valence-electron chi connectivity index (χ4n) is 1.71. The van der Waals surface area contributed by atoms with Crippen LogP contribution in [-0.2, 0) is 13.1 Å². The van der Waals surface area contributed by atoms with Crippen molar-refractivity contribution >= 4 is 11.6 Å². The molecule has 4 nitrogen and oxygen atoms in total. The Morgan fingerprint density at radius 2 is 2.26 bits per heavy atom. The summed E-state index contributed by atoms with van der Waals surface area (Å²) in [6.07, 6.45) is 2.70. The number of aromatic nitrogens is 3. The summed E-state index contributed by atoms with van der Waals surface area (Å²) in [5.74, 6) is 0.422. The first-order chi connectivity index (χ1) is 9.19. The van der Waals surface area contributed by atoms with Crippen molar-refractivity contribution in [3.8, 4) is 0 Å². The molecule has 1 aromatic carbocycles. The third-order valence-electron chi connectivity index (χ3n) is 2.63. The van der Waals surface area contributed by atoms with E-state index in [1.807, 2.05) is 0 Å². The van der Waals surface area contributed by atoms with Gasteiger partial charge in [-0.1, -0.05) is 18.5 Å². The molecule has 1 heterocycles. The van der Waals surface area contributed by atoms with Crippen molar-refractivity contribution in [3.05, 3.63) is 46.8 Å². The second-order valence-electron chi connectivity index (χ2n) is 4.27. The summed E-state index contributed by atoms with van der Waals surface area (Å²) in [7, 11) is 0. The van der Waals surface area contributed by atoms with Crippen molar-refractivity contribution in [1.29, 1.82) is 0 Å². The quantitative estimate of drug-likeness (QED) is 0.828. The number of nitrogens with one attached hydrogen (secondary N) is 1. The molecule has 0 aliphatic heterocycles. The van der Waals surface area contributed by atoms with E-state index in [1.165, 1.54) is 12.1 Å². The molecule has 2 aromatic rings. The minimum Gasteiger partial charge on any atom is -0.310 e. The van der Waals surface area contributed by atoms with Crippen molar-refractivity contribution in [3.63, 3.8) is 0 Å². The van der Waals surface area contributed by atoms with Gasteiger partial charge in [0.15, 0.2) is 5.82 Å². The maximum atomic E-state index is 13.1. The number of benzene rings is 1. The maximum absolute atomic E-state index is 13.1. The Kier molecular flexibility index (Phi) is 4.87. The van der Waals surface area contributed by atoms with E-state index in [0.29, 0.717) is 23.7 Å². The largest absolute Gasteiger partial charge is 0.310 e. The number of halogens is 2. The summed E-state index contributed by atoms with van der Waals surface area (Å²) in [5, 5.41) is 8.06. The van der Waals surface area contributed by atoms with Gasteiger partial charge in [0.1, 0.15) is 12.1 Å². The zero-order valence-electron chi connectivity index (χ0n) is 10.7. The number of hydrogen-bond acceptors (Lipinski definition) is 3. The molecule has 0 fully saturated rings. The molecule has 0 saturated heterocycles. The van der Waals surface area contributed by atoms with Gasteiger partial charge in [-0.15, -0.1) is 0 Å². The van der Waals surface area contributed by atoms with Crippen molar-refractivity contribution < 1.29 is 4.39 Å². The normalized spacial score (nSPS) is 10.9. The predicted molar refractivity (Wildman–Crippen MR) is 72.5 cm³/mol. The molecule has 0 bridgehead atoms. The molecule has 0 aliphatic carbocycles. The molecule has 0 spiro atoms. The molecule has 0 unspecified atom stereocenters. The van der Waals surface area contributed by atoms with Gasteiger partial charge in [0, 0.05) is 5.02 Å². The molecule has 1 N–H and O–H groups in total. The van der Waals surface area contributed by atoms with E-state index in [9.17, 15) is 4.39 Å². The highest BCUT2D eigenvalue weighted by Gasteiger charge is 2.05. The van der Waals surface area contributed by atoms with Gasteiger partial charge in [-0.25, -0.2) is 14.1 Å². The van der Waals surface area contributed by atoms with Crippen molar-refractivity contribution in [1.82, 2.24) is 20.1 Å². The zero-order chi connectivity index (χ0) is 13.7. The van der Waals surface area contributed by atoms with E-state index in [0.717, 1.165) is 18.8 Å². The summed E-state index contributed by atoms with van der Waals surface area (Å²) in [5.41, 5.74) is 0.694. The highest BCUT2D eigenvalue weighted by molar-refractivity contribution is 6.31. The lowest BCUT2D eigenvalue weighted by Crippen LogP contribution is -2.15. The van der Waals surface area contributed by atoms with Gasteiger partial charge in [-0.3, -0.25) is 0 Å². The van der Waals surface area contributed by atoms with Crippen LogP contribution in [0.15, 0.2) is 24.5 Å². The smallest absolute Gasteiger partial charge is 0.164 e. The fourth-order valence-corrected chi connectivity index (χ4v) is 1.88. The summed E-state index contributed by atoms with van der Waals surface area (Å²) in [4.78, 5) is 4.19. The van der Waals surface area contributed by atoms with Gasteiger partial charge in [0.05, 0.1) is 13.1 Å². The minimum absolute atomic E-state index is 0.302. The van der Waals surface area contributed by atoms with Crippen molar-refractivity contribution in [2.75, 3.05) is 6.54 Å². The van der Waals surface area contributed by atoms with E-state index in [1.54, 1.807) is 17.1 Å². The molecule has 102 valence electrons. The Labute approximate surface area is 116 Å². The van der Waals surface area contributed by atoms with E-state index in [4.69, 9.17) is 11.6 Å². The summed E-state index contributed by atoms with van der Waals surface area (Å²) >= 11 is 6.01.